The molecule has 0 aliphatic carbocycles. The summed E-state index contributed by atoms with van der Waals surface area (Å²) in [6, 6.07) is 13.6. The van der Waals surface area contributed by atoms with Crippen LogP contribution in [0, 0.1) is 0 Å². The Bertz CT molecular complexity index is 1080. The van der Waals surface area contributed by atoms with Gasteiger partial charge < -0.3 is 14.8 Å². The first-order valence-corrected chi connectivity index (χ1v) is 8.46. The molecule has 0 spiro atoms. The van der Waals surface area contributed by atoms with E-state index in [1.54, 1.807) is 24.3 Å². The van der Waals surface area contributed by atoms with Crippen LogP contribution in [0.4, 0.5) is 14.5 Å². The minimum absolute atomic E-state index is 0.0333. The Morgan fingerprint density at radius 3 is 2.45 bits per heavy atom. The van der Waals surface area contributed by atoms with Gasteiger partial charge in [-0.1, -0.05) is 12.1 Å². The van der Waals surface area contributed by atoms with Crippen molar-refractivity contribution in [1.29, 1.82) is 0 Å². The van der Waals surface area contributed by atoms with Crippen molar-refractivity contribution in [2.24, 2.45) is 7.05 Å². The number of ether oxygens (including phenoxy) is 2. The van der Waals surface area contributed by atoms with Crippen LogP contribution in [0.25, 0.3) is 11.1 Å². The highest BCUT2D eigenvalue weighted by Crippen LogP contribution is 2.34. The predicted octanol–water partition coefficient (Wildman–Crippen LogP) is 3.31. The third-order valence-corrected chi connectivity index (χ3v) is 4.05. The third kappa shape index (κ3) is 4.75. The first-order chi connectivity index (χ1) is 13.9. The van der Waals surface area contributed by atoms with Crippen LogP contribution in [-0.2, 0) is 7.05 Å². The van der Waals surface area contributed by atoms with Crippen LogP contribution in [0.15, 0.2) is 59.4 Å². The summed E-state index contributed by atoms with van der Waals surface area (Å²) >= 11 is 0. The highest BCUT2D eigenvalue weighted by Gasteiger charge is 2.15. The normalized spacial score (nSPS) is 10.7. The molecular weight excluding hydrogens is 384 g/mol. The molecular formula is C20H17F2N3O4. The number of hydrogen-bond donors (Lipinski definition) is 1. The van der Waals surface area contributed by atoms with Gasteiger partial charge in [0.05, 0.1) is 7.11 Å². The van der Waals surface area contributed by atoms with Crippen molar-refractivity contribution >= 4 is 11.6 Å². The summed E-state index contributed by atoms with van der Waals surface area (Å²) < 4.78 is 36.3. The fourth-order valence-corrected chi connectivity index (χ4v) is 2.62. The highest BCUT2D eigenvalue weighted by atomic mass is 19.3. The first-order valence-electron chi connectivity index (χ1n) is 8.46. The van der Waals surface area contributed by atoms with E-state index in [9.17, 15) is 18.4 Å². The molecule has 7 nitrogen and oxygen atoms in total. The number of aromatic nitrogens is 2. The fraction of sp³-hybridized carbons (Fsp3) is 0.150. The van der Waals surface area contributed by atoms with Crippen LogP contribution in [-0.4, -0.2) is 29.4 Å². The molecule has 0 aliphatic heterocycles. The maximum atomic E-state index is 12.8. The van der Waals surface area contributed by atoms with Crippen molar-refractivity contribution in [2.45, 2.75) is 6.61 Å². The summed E-state index contributed by atoms with van der Waals surface area (Å²) in [5.41, 5.74) is 0.984. The predicted molar refractivity (Wildman–Crippen MR) is 102 cm³/mol. The topological polar surface area (TPSA) is 82.5 Å². The number of nitrogens with one attached hydrogen (secondary N) is 1. The lowest BCUT2D eigenvalue weighted by atomic mass is 10.0. The Kier molecular flexibility index (Phi) is 5.87. The molecule has 1 amide bonds. The second-order valence-electron chi connectivity index (χ2n) is 5.95. The fourth-order valence-electron chi connectivity index (χ4n) is 2.62. The first kappa shape index (κ1) is 20.0. The minimum Gasteiger partial charge on any atom is -0.497 e. The number of nitrogens with zero attached hydrogens (tertiary/aromatic N) is 2. The van der Waals surface area contributed by atoms with Crippen LogP contribution in [0.1, 0.15) is 10.5 Å². The van der Waals surface area contributed by atoms with Gasteiger partial charge in [-0.05, 0) is 42.0 Å². The van der Waals surface area contributed by atoms with Crippen LogP contribution < -0.4 is 20.3 Å². The molecule has 0 saturated carbocycles. The largest absolute Gasteiger partial charge is 0.497 e. The monoisotopic (exact) mass is 401 g/mol. The molecule has 29 heavy (non-hydrogen) atoms. The van der Waals surface area contributed by atoms with Gasteiger partial charge in [0.2, 0.25) is 0 Å². The van der Waals surface area contributed by atoms with Gasteiger partial charge in [0.15, 0.2) is 0 Å². The summed E-state index contributed by atoms with van der Waals surface area (Å²) in [6.45, 7) is -3.00. The van der Waals surface area contributed by atoms with Crippen LogP contribution in [0.5, 0.6) is 11.5 Å². The van der Waals surface area contributed by atoms with Gasteiger partial charge in [0.1, 0.15) is 17.2 Å². The summed E-state index contributed by atoms with van der Waals surface area (Å²) in [5.74, 6) is 0.0162. The van der Waals surface area contributed by atoms with Crippen molar-refractivity contribution in [3.8, 4) is 22.6 Å². The molecule has 0 atom stereocenters. The van der Waals surface area contributed by atoms with Crippen molar-refractivity contribution in [1.82, 2.24) is 9.78 Å². The Morgan fingerprint density at radius 1 is 1.10 bits per heavy atom. The van der Waals surface area contributed by atoms with E-state index in [0.29, 0.717) is 22.6 Å². The van der Waals surface area contributed by atoms with Crippen molar-refractivity contribution in [3.63, 3.8) is 0 Å². The average molecular weight is 401 g/mol. The lowest BCUT2D eigenvalue weighted by Gasteiger charge is -2.14. The van der Waals surface area contributed by atoms with E-state index >= 15 is 0 Å². The number of carbonyl (C=O) groups is 1. The van der Waals surface area contributed by atoms with E-state index in [2.05, 4.69) is 15.2 Å². The zero-order valence-corrected chi connectivity index (χ0v) is 15.6. The molecule has 3 rings (SSSR count). The average Bonchev–Trinajstić information content (AvgIpc) is 2.71. The minimum atomic E-state index is -3.00. The van der Waals surface area contributed by atoms with E-state index in [4.69, 9.17) is 4.74 Å². The van der Waals surface area contributed by atoms with E-state index in [1.165, 1.54) is 44.5 Å². The second kappa shape index (κ2) is 8.51. The molecule has 1 aromatic heterocycles. The maximum absolute atomic E-state index is 12.8. The summed E-state index contributed by atoms with van der Waals surface area (Å²) in [5, 5.41) is 6.51. The number of amides is 1. The van der Waals surface area contributed by atoms with E-state index in [1.807, 2.05) is 0 Å². The van der Waals surface area contributed by atoms with Gasteiger partial charge in [-0.3, -0.25) is 9.59 Å². The number of methoxy groups -OCH3 is 1. The number of benzene rings is 2. The quantitative estimate of drug-likeness (QED) is 0.685. The number of rotatable bonds is 6. The Labute approximate surface area is 164 Å². The molecule has 0 bridgehead atoms. The number of alkyl halides is 2. The molecule has 1 heterocycles. The van der Waals surface area contributed by atoms with Crippen LogP contribution in [0.3, 0.4) is 0 Å². The van der Waals surface area contributed by atoms with Gasteiger partial charge in [-0.2, -0.15) is 13.9 Å². The van der Waals surface area contributed by atoms with Crippen molar-refractivity contribution in [3.05, 3.63) is 70.6 Å². The zero-order valence-electron chi connectivity index (χ0n) is 15.6. The number of hydrogen-bond acceptors (Lipinski definition) is 5. The maximum Gasteiger partial charge on any atom is 0.387 e. The Hall–Kier alpha value is -3.75. The van der Waals surface area contributed by atoms with E-state index < -0.39 is 12.5 Å². The van der Waals surface area contributed by atoms with Crippen molar-refractivity contribution in [2.75, 3.05) is 12.4 Å². The molecule has 0 aliphatic rings. The molecule has 0 fully saturated rings. The number of halogens is 2. The summed E-state index contributed by atoms with van der Waals surface area (Å²) in [7, 11) is 2.95. The van der Waals surface area contributed by atoms with E-state index in [0.717, 1.165) is 4.68 Å². The molecule has 2 aromatic carbocycles. The highest BCUT2D eigenvalue weighted by molar-refractivity contribution is 6.03. The smallest absolute Gasteiger partial charge is 0.387 e. The van der Waals surface area contributed by atoms with Gasteiger partial charge in [-0.25, -0.2) is 4.68 Å². The van der Waals surface area contributed by atoms with Crippen LogP contribution in [0.2, 0.25) is 0 Å². The second-order valence-corrected chi connectivity index (χ2v) is 5.95. The Balaban J connectivity index is 1.94. The zero-order chi connectivity index (χ0) is 21.0. The van der Waals surface area contributed by atoms with Crippen LogP contribution >= 0.6 is 0 Å². The van der Waals surface area contributed by atoms with Gasteiger partial charge >= 0.3 is 6.61 Å². The standard InChI is InChI=1S/C20H17F2N3O4/c1-25-18(26)10-8-16(24-25)19(27)23-13-5-9-17(29-20(21)22)15(11-13)12-3-6-14(28-2)7-4-12/h3-11,20H,1-2H3,(H,23,27). The summed E-state index contributed by atoms with van der Waals surface area (Å²) in [4.78, 5) is 23.8. The molecule has 0 radical (unpaired) electrons. The molecule has 150 valence electrons. The molecule has 0 saturated heterocycles. The molecule has 9 heteroatoms. The number of aryl methyl sites for hydroxylation is 1. The summed E-state index contributed by atoms with van der Waals surface area (Å²) in [6.07, 6.45) is 0. The molecule has 0 unspecified atom stereocenters. The van der Waals surface area contributed by atoms with Gasteiger partial charge in [-0.15, -0.1) is 0 Å². The SMILES string of the molecule is COc1ccc(-c2cc(NC(=O)c3ccc(=O)n(C)n3)ccc2OC(F)F)cc1. The number of carbonyl (C=O) groups excluding carboxylic acids is 1. The third-order valence-electron chi connectivity index (χ3n) is 4.05. The Morgan fingerprint density at radius 2 is 1.83 bits per heavy atom. The lowest BCUT2D eigenvalue weighted by molar-refractivity contribution is -0.0494. The van der Waals surface area contributed by atoms with Gasteiger partial charge in [0.25, 0.3) is 11.5 Å². The van der Waals surface area contributed by atoms with Gasteiger partial charge in [0, 0.05) is 24.4 Å². The van der Waals surface area contributed by atoms with E-state index in [-0.39, 0.29) is 17.0 Å². The lowest BCUT2D eigenvalue weighted by Crippen LogP contribution is -2.23. The molecule has 3 aromatic rings. The molecule has 1 N–H and O–H groups in total. The number of anilines is 1. The van der Waals surface area contributed by atoms with Crippen molar-refractivity contribution < 1.29 is 23.0 Å².